The van der Waals surface area contributed by atoms with Crippen molar-refractivity contribution in [3.05, 3.63) is 181 Å². The first-order valence-corrected chi connectivity index (χ1v) is 23.2. The molecule has 0 aliphatic carbocycles. The maximum atomic E-state index is 6.53. The van der Waals surface area contributed by atoms with Crippen LogP contribution in [-0.2, 0) is 11.1 Å². The van der Waals surface area contributed by atoms with E-state index in [1.54, 1.807) is 6.20 Å². The zero-order valence-electron chi connectivity index (χ0n) is 37.3. The third-order valence-electron chi connectivity index (χ3n) is 14.9. The highest BCUT2D eigenvalue weighted by Gasteiger charge is 2.40. The van der Waals surface area contributed by atoms with E-state index in [9.17, 15) is 0 Å². The Hall–Kier alpha value is -7.11. The third kappa shape index (κ3) is 5.27. The van der Waals surface area contributed by atoms with Gasteiger partial charge in [0.2, 0.25) is 5.71 Å². The van der Waals surface area contributed by atoms with Gasteiger partial charge in [-0.05, 0) is 104 Å². The van der Waals surface area contributed by atoms with Crippen molar-refractivity contribution in [2.75, 3.05) is 0 Å². The van der Waals surface area contributed by atoms with E-state index in [1.165, 1.54) is 65.5 Å². The molecule has 5 nitrogen and oxygen atoms in total. The van der Waals surface area contributed by atoms with Crippen molar-refractivity contribution < 1.29 is 4.42 Å². The largest absolute Gasteiger partial charge is 0.435 e. The standard InChI is InChI=1S/C59H52N4O/c1-6-8-34-58(5,62-51-26-14-10-19-41(51)42-20-11-15-27-52(42)62)39-30-33-54-48(36-39)44-22-12-16-28-53(44)63(54)59(7-2,38(3)4)40-31-32-50-47(37-40)43-21-9-13-25-49(43)61(50)55-29-17-23-45-46-24-18-35-60-57(46)64-56(45)55/h9-33,35-38H,6-8,34H2,1-5H3. The van der Waals surface area contributed by atoms with E-state index in [0.717, 1.165) is 58.8 Å². The summed E-state index contributed by atoms with van der Waals surface area (Å²) in [6.45, 7) is 12.0. The molecule has 5 heteroatoms. The summed E-state index contributed by atoms with van der Waals surface area (Å²) in [5.41, 5.74) is 12.0. The zero-order valence-corrected chi connectivity index (χ0v) is 37.3. The van der Waals surface area contributed by atoms with Crippen LogP contribution in [0.25, 0.3) is 93.2 Å². The summed E-state index contributed by atoms with van der Waals surface area (Å²) < 4.78 is 14.3. The van der Waals surface area contributed by atoms with Gasteiger partial charge in [0.25, 0.3) is 0 Å². The highest BCUT2D eigenvalue weighted by Crippen LogP contribution is 2.48. The highest BCUT2D eigenvalue weighted by atomic mass is 16.3. The third-order valence-corrected chi connectivity index (χ3v) is 14.9. The predicted octanol–water partition coefficient (Wildman–Crippen LogP) is 16.1. The summed E-state index contributed by atoms with van der Waals surface area (Å²) in [6, 6.07) is 61.1. The van der Waals surface area contributed by atoms with Crippen molar-refractivity contribution in [3.8, 4) is 5.69 Å². The maximum Gasteiger partial charge on any atom is 0.227 e. The fourth-order valence-electron chi connectivity index (χ4n) is 11.9. The van der Waals surface area contributed by atoms with Gasteiger partial charge in [-0.3, -0.25) is 0 Å². The van der Waals surface area contributed by atoms with Gasteiger partial charge in [-0.1, -0.05) is 138 Å². The minimum atomic E-state index is -0.358. The van der Waals surface area contributed by atoms with E-state index >= 15 is 0 Å². The van der Waals surface area contributed by atoms with Crippen LogP contribution in [0.4, 0.5) is 0 Å². The molecule has 0 radical (unpaired) electrons. The van der Waals surface area contributed by atoms with Gasteiger partial charge in [0, 0.05) is 71.4 Å². The fourth-order valence-corrected chi connectivity index (χ4v) is 11.9. The quantitative estimate of drug-likeness (QED) is 0.138. The van der Waals surface area contributed by atoms with Crippen LogP contribution < -0.4 is 0 Å². The Labute approximate surface area is 373 Å². The van der Waals surface area contributed by atoms with Crippen molar-refractivity contribution in [1.29, 1.82) is 0 Å². The number of unbranched alkanes of at least 4 members (excludes halogenated alkanes) is 1. The second kappa shape index (κ2) is 14.5. The Morgan fingerprint density at radius 3 is 1.70 bits per heavy atom. The summed E-state index contributed by atoms with van der Waals surface area (Å²) in [6.07, 6.45) is 6.03. The van der Waals surface area contributed by atoms with E-state index in [0.29, 0.717) is 5.71 Å². The average molecular weight is 833 g/mol. The second-order valence-corrected chi connectivity index (χ2v) is 18.5. The summed E-state index contributed by atoms with van der Waals surface area (Å²) in [5.74, 6) is 0.270. The topological polar surface area (TPSA) is 40.8 Å². The van der Waals surface area contributed by atoms with Crippen LogP contribution >= 0.6 is 0 Å². The SMILES string of the molecule is CCCCC(C)(c1ccc2c(c1)c1ccccc1n2C(CC)(c1ccc2c(c1)c1ccccc1n2-c1cccc2c1oc1ncccc12)C(C)C)n1c2ccccc2c2ccccc21. The molecule has 0 N–H and O–H groups in total. The Morgan fingerprint density at radius 1 is 0.516 bits per heavy atom. The molecule has 7 aromatic carbocycles. The zero-order chi connectivity index (χ0) is 43.3. The lowest BCUT2D eigenvalue weighted by atomic mass is 9.76. The van der Waals surface area contributed by atoms with E-state index < -0.39 is 0 Å². The minimum absolute atomic E-state index is 0.270. The van der Waals surface area contributed by atoms with E-state index in [-0.39, 0.29) is 17.0 Å². The van der Waals surface area contributed by atoms with E-state index in [4.69, 9.17) is 4.42 Å². The first-order chi connectivity index (χ1) is 31.4. The van der Waals surface area contributed by atoms with Crippen LogP contribution in [0.1, 0.15) is 71.4 Å². The van der Waals surface area contributed by atoms with Crippen LogP contribution in [0.15, 0.2) is 174 Å². The smallest absolute Gasteiger partial charge is 0.227 e. The van der Waals surface area contributed by atoms with Gasteiger partial charge in [0.1, 0.15) is 0 Å². The summed E-state index contributed by atoms with van der Waals surface area (Å²) in [7, 11) is 0. The Morgan fingerprint density at radius 2 is 1.03 bits per heavy atom. The number of fused-ring (bicyclic) bond motifs is 12. The van der Waals surface area contributed by atoms with Crippen LogP contribution in [0.5, 0.6) is 0 Å². The van der Waals surface area contributed by atoms with Gasteiger partial charge in [-0.25, -0.2) is 4.98 Å². The number of benzene rings is 7. The molecule has 0 amide bonds. The summed E-state index contributed by atoms with van der Waals surface area (Å²) in [5, 5.41) is 9.79. The Bertz CT molecular complexity index is 3730. The lowest BCUT2D eigenvalue weighted by Crippen LogP contribution is -2.39. The fraction of sp³-hybridized carbons (Fsp3) is 0.203. The molecule has 0 saturated heterocycles. The Balaban J connectivity index is 1.09. The number of furan rings is 1. The molecule has 314 valence electrons. The van der Waals surface area contributed by atoms with Crippen molar-refractivity contribution in [2.45, 2.75) is 71.4 Å². The monoisotopic (exact) mass is 832 g/mol. The predicted molar refractivity (Wildman–Crippen MR) is 269 cm³/mol. The van der Waals surface area contributed by atoms with Crippen LogP contribution in [-0.4, -0.2) is 18.7 Å². The van der Waals surface area contributed by atoms with Gasteiger partial charge in [0.05, 0.1) is 27.8 Å². The lowest BCUT2D eigenvalue weighted by Gasteiger charge is -2.41. The minimum Gasteiger partial charge on any atom is -0.435 e. The van der Waals surface area contributed by atoms with Gasteiger partial charge < -0.3 is 18.1 Å². The van der Waals surface area contributed by atoms with Gasteiger partial charge in [0.15, 0.2) is 5.58 Å². The number of nitrogens with zero attached hydrogens (tertiary/aromatic N) is 4. The van der Waals surface area contributed by atoms with Crippen molar-refractivity contribution in [2.24, 2.45) is 5.92 Å². The molecule has 0 fully saturated rings. The molecule has 0 spiro atoms. The molecule has 0 aliphatic heterocycles. The number of hydrogen-bond acceptors (Lipinski definition) is 2. The van der Waals surface area contributed by atoms with Crippen molar-refractivity contribution >= 4 is 87.5 Å². The van der Waals surface area contributed by atoms with Gasteiger partial charge in [-0.2, -0.15) is 0 Å². The molecule has 2 atom stereocenters. The molecule has 5 aromatic heterocycles. The molecule has 5 heterocycles. The van der Waals surface area contributed by atoms with E-state index in [2.05, 4.69) is 211 Å². The average Bonchev–Trinajstić information content (AvgIpc) is 4.08. The normalized spacial score (nSPS) is 14.3. The number of rotatable bonds is 10. The first kappa shape index (κ1) is 38.6. The number of para-hydroxylation sites is 5. The van der Waals surface area contributed by atoms with Gasteiger partial charge in [-0.15, -0.1) is 0 Å². The second-order valence-electron chi connectivity index (χ2n) is 18.5. The van der Waals surface area contributed by atoms with Crippen LogP contribution in [0, 0.1) is 5.92 Å². The molecular formula is C59H52N4O. The van der Waals surface area contributed by atoms with Crippen molar-refractivity contribution in [1.82, 2.24) is 18.7 Å². The molecule has 0 saturated carbocycles. The molecule has 64 heavy (non-hydrogen) atoms. The molecular weight excluding hydrogens is 781 g/mol. The van der Waals surface area contributed by atoms with Crippen LogP contribution in [0.2, 0.25) is 0 Å². The Kier molecular flexibility index (Phi) is 8.72. The maximum absolute atomic E-state index is 6.53. The molecule has 12 rings (SSSR count). The number of aromatic nitrogens is 4. The lowest BCUT2D eigenvalue weighted by molar-refractivity contribution is 0.257. The molecule has 2 unspecified atom stereocenters. The summed E-state index contributed by atoms with van der Waals surface area (Å²) in [4.78, 5) is 4.58. The molecule has 0 bridgehead atoms. The highest BCUT2D eigenvalue weighted by molar-refractivity contribution is 6.13. The summed E-state index contributed by atoms with van der Waals surface area (Å²) >= 11 is 0. The molecule has 12 aromatic rings. The van der Waals surface area contributed by atoms with Gasteiger partial charge >= 0.3 is 0 Å². The van der Waals surface area contributed by atoms with E-state index in [1.807, 2.05) is 6.07 Å². The van der Waals surface area contributed by atoms with Crippen LogP contribution in [0.3, 0.4) is 0 Å². The molecule has 0 aliphatic rings. The number of hydrogen-bond donors (Lipinski definition) is 0. The first-order valence-electron chi connectivity index (χ1n) is 23.2. The number of pyridine rings is 1. The van der Waals surface area contributed by atoms with Crippen molar-refractivity contribution in [3.63, 3.8) is 0 Å².